The Labute approximate surface area is 177 Å². The molecule has 7 heteroatoms. The number of aromatic nitrogens is 3. The maximum Gasteiger partial charge on any atom is 0.273 e. The first-order chi connectivity index (χ1) is 14.6. The zero-order chi connectivity index (χ0) is 20.7. The van der Waals surface area contributed by atoms with Crippen molar-refractivity contribution < 1.29 is 9.90 Å². The molecule has 4 aromatic rings. The zero-order valence-corrected chi connectivity index (χ0v) is 16.5. The van der Waals surface area contributed by atoms with Gasteiger partial charge in [-0.2, -0.15) is 5.10 Å². The molecule has 0 bridgehead atoms. The summed E-state index contributed by atoms with van der Waals surface area (Å²) >= 11 is 6.05. The number of aromatic hydroxyl groups is 1. The Hall–Kier alpha value is -3.64. The van der Waals surface area contributed by atoms with Crippen LogP contribution in [-0.2, 0) is 6.54 Å². The Bertz CT molecular complexity index is 1200. The van der Waals surface area contributed by atoms with Gasteiger partial charge in [-0.1, -0.05) is 41.9 Å². The van der Waals surface area contributed by atoms with E-state index in [1.54, 1.807) is 41.6 Å². The predicted octanol–water partition coefficient (Wildman–Crippen LogP) is 4.58. The van der Waals surface area contributed by atoms with E-state index in [1.807, 2.05) is 36.4 Å². The minimum Gasteiger partial charge on any atom is -0.508 e. The molecule has 1 amide bonds. The lowest BCUT2D eigenvalue weighted by molar-refractivity contribution is 0.0730. The summed E-state index contributed by atoms with van der Waals surface area (Å²) in [5.74, 6) is 0.0480. The molecule has 0 saturated heterocycles. The van der Waals surface area contributed by atoms with Gasteiger partial charge >= 0.3 is 0 Å². The Morgan fingerprint density at radius 3 is 2.53 bits per heavy atom. The molecule has 0 aliphatic carbocycles. The van der Waals surface area contributed by atoms with Crippen LogP contribution in [0.3, 0.4) is 0 Å². The van der Waals surface area contributed by atoms with Crippen molar-refractivity contribution in [2.45, 2.75) is 12.6 Å². The summed E-state index contributed by atoms with van der Waals surface area (Å²) in [4.78, 5) is 19.3. The highest BCUT2D eigenvalue weighted by atomic mass is 35.5. The van der Waals surface area contributed by atoms with Crippen LogP contribution in [0.25, 0.3) is 11.3 Å². The Morgan fingerprint density at radius 1 is 1.07 bits per heavy atom. The minimum atomic E-state index is -0.349. The molecule has 2 aromatic heterocycles. The Kier molecular flexibility index (Phi) is 4.48. The first-order valence-corrected chi connectivity index (χ1v) is 9.82. The van der Waals surface area contributed by atoms with Crippen molar-refractivity contribution >= 4 is 17.5 Å². The molecule has 2 aromatic carbocycles. The molecule has 3 heterocycles. The number of halogens is 1. The number of rotatable bonds is 4. The van der Waals surface area contributed by atoms with Crippen LogP contribution in [0, 0.1) is 0 Å². The van der Waals surface area contributed by atoms with Crippen LogP contribution in [0.2, 0.25) is 5.02 Å². The number of amides is 1. The first-order valence-electron chi connectivity index (χ1n) is 9.45. The number of carbonyl (C=O) groups is 1. The molecule has 1 aliphatic rings. The van der Waals surface area contributed by atoms with Crippen LogP contribution in [-0.4, -0.2) is 31.1 Å². The van der Waals surface area contributed by atoms with E-state index in [0.29, 0.717) is 23.0 Å². The first kappa shape index (κ1) is 18.4. The fourth-order valence-electron chi connectivity index (χ4n) is 3.88. The number of carbonyl (C=O) groups excluding carboxylic acids is 1. The highest BCUT2D eigenvalue weighted by molar-refractivity contribution is 6.30. The van der Waals surface area contributed by atoms with Gasteiger partial charge in [0.05, 0.1) is 11.7 Å². The molecular weight excluding hydrogens is 400 g/mol. The fourth-order valence-corrected chi connectivity index (χ4v) is 4.01. The van der Waals surface area contributed by atoms with Crippen molar-refractivity contribution in [3.8, 4) is 17.0 Å². The van der Waals surface area contributed by atoms with Gasteiger partial charge in [-0.05, 0) is 41.5 Å². The summed E-state index contributed by atoms with van der Waals surface area (Å²) < 4.78 is 0. The highest BCUT2D eigenvalue weighted by Gasteiger charge is 2.42. The van der Waals surface area contributed by atoms with E-state index in [0.717, 1.165) is 22.3 Å². The van der Waals surface area contributed by atoms with E-state index in [1.165, 1.54) is 0 Å². The maximum absolute atomic E-state index is 13.3. The van der Waals surface area contributed by atoms with Crippen LogP contribution in [0.5, 0.6) is 5.75 Å². The second kappa shape index (κ2) is 7.31. The molecule has 6 nitrogen and oxygen atoms in total. The largest absolute Gasteiger partial charge is 0.508 e. The van der Waals surface area contributed by atoms with Gasteiger partial charge in [0.1, 0.15) is 11.4 Å². The number of hydrogen-bond acceptors (Lipinski definition) is 4. The molecule has 30 heavy (non-hydrogen) atoms. The minimum absolute atomic E-state index is 0.125. The highest BCUT2D eigenvalue weighted by Crippen LogP contribution is 2.43. The number of H-pyrrole nitrogens is 1. The standard InChI is InChI=1S/C23H17ClN4O2/c24-17-7-3-15(4-8-17)20-19-21(27-26-20)23(30)28(13-14-2-1-11-25-12-14)22(19)16-5-9-18(29)10-6-16/h1-12,22,29H,13H2,(H,26,27). The van der Waals surface area contributed by atoms with Crippen molar-refractivity contribution in [2.24, 2.45) is 0 Å². The molecule has 0 radical (unpaired) electrons. The summed E-state index contributed by atoms with van der Waals surface area (Å²) in [6.07, 6.45) is 3.46. The zero-order valence-electron chi connectivity index (χ0n) is 15.8. The van der Waals surface area contributed by atoms with Gasteiger partial charge in [-0.25, -0.2) is 0 Å². The van der Waals surface area contributed by atoms with Crippen molar-refractivity contribution in [3.05, 3.63) is 100 Å². The Balaban J connectivity index is 1.64. The number of aromatic amines is 1. The summed E-state index contributed by atoms with van der Waals surface area (Å²) in [7, 11) is 0. The molecule has 148 valence electrons. The fraction of sp³-hybridized carbons (Fsp3) is 0.0870. The van der Waals surface area contributed by atoms with Crippen LogP contribution in [0.1, 0.15) is 33.2 Å². The number of phenolic OH excluding ortho intramolecular Hbond substituents is 1. The smallest absolute Gasteiger partial charge is 0.273 e. The maximum atomic E-state index is 13.3. The number of pyridine rings is 1. The molecule has 5 rings (SSSR count). The van der Waals surface area contributed by atoms with Crippen molar-refractivity contribution in [3.63, 3.8) is 0 Å². The second-order valence-corrected chi connectivity index (χ2v) is 7.59. The van der Waals surface area contributed by atoms with Crippen LogP contribution in [0.4, 0.5) is 0 Å². The van der Waals surface area contributed by atoms with E-state index >= 15 is 0 Å². The number of fused-ring (bicyclic) bond motifs is 1. The van der Waals surface area contributed by atoms with E-state index in [4.69, 9.17) is 11.6 Å². The average molecular weight is 417 g/mol. The third kappa shape index (κ3) is 3.11. The summed E-state index contributed by atoms with van der Waals surface area (Å²) in [6, 6.07) is 17.7. The quantitative estimate of drug-likeness (QED) is 0.510. The van der Waals surface area contributed by atoms with Gasteiger partial charge in [0.15, 0.2) is 0 Å². The molecule has 1 unspecified atom stereocenters. The lowest BCUT2D eigenvalue weighted by Crippen LogP contribution is -2.29. The number of phenols is 1. The van der Waals surface area contributed by atoms with Crippen molar-refractivity contribution in [1.82, 2.24) is 20.1 Å². The Morgan fingerprint density at radius 2 is 1.83 bits per heavy atom. The van der Waals surface area contributed by atoms with Gasteiger partial charge in [0.25, 0.3) is 5.91 Å². The van der Waals surface area contributed by atoms with Gasteiger partial charge in [0.2, 0.25) is 0 Å². The monoisotopic (exact) mass is 416 g/mol. The number of nitrogens with one attached hydrogen (secondary N) is 1. The van der Waals surface area contributed by atoms with Crippen LogP contribution < -0.4 is 0 Å². The van der Waals surface area contributed by atoms with Crippen LogP contribution >= 0.6 is 11.6 Å². The predicted molar refractivity (Wildman–Crippen MR) is 113 cm³/mol. The van der Waals surface area contributed by atoms with Gasteiger partial charge in [0, 0.05) is 35.1 Å². The van der Waals surface area contributed by atoms with Crippen molar-refractivity contribution in [2.75, 3.05) is 0 Å². The SMILES string of the molecule is O=C1c2[nH]nc(-c3ccc(Cl)cc3)c2C(c2ccc(O)cc2)N1Cc1cccnc1. The third-order valence-electron chi connectivity index (χ3n) is 5.27. The van der Waals surface area contributed by atoms with Gasteiger partial charge in [-0.15, -0.1) is 0 Å². The topological polar surface area (TPSA) is 82.1 Å². The lowest BCUT2D eigenvalue weighted by Gasteiger charge is -2.26. The molecule has 1 aliphatic heterocycles. The number of hydrogen-bond donors (Lipinski definition) is 2. The molecule has 0 saturated carbocycles. The molecule has 1 atom stereocenters. The van der Waals surface area contributed by atoms with E-state index < -0.39 is 0 Å². The third-order valence-corrected chi connectivity index (χ3v) is 5.52. The van der Waals surface area contributed by atoms with Crippen LogP contribution in [0.15, 0.2) is 73.1 Å². The number of benzene rings is 2. The van der Waals surface area contributed by atoms with Gasteiger partial charge in [-0.3, -0.25) is 14.9 Å². The average Bonchev–Trinajstić information content (AvgIpc) is 3.30. The normalized spacial score (nSPS) is 15.4. The summed E-state index contributed by atoms with van der Waals surface area (Å²) in [5, 5.41) is 17.8. The van der Waals surface area contributed by atoms with Crippen molar-refractivity contribution in [1.29, 1.82) is 0 Å². The molecule has 0 spiro atoms. The number of nitrogens with zero attached hydrogens (tertiary/aromatic N) is 3. The molecular formula is C23H17ClN4O2. The summed E-state index contributed by atoms with van der Waals surface area (Å²) in [5.41, 5.74) is 4.69. The van der Waals surface area contributed by atoms with E-state index in [-0.39, 0.29) is 17.7 Å². The summed E-state index contributed by atoms with van der Waals surface area (Å²) in [6.45, 7) is 0.404. The second-order valence-electron chi connectivity index (χ2n) is 7.16. The molecule has 2 N–H and O–H groups in total. The molecule has 0 fully saturated rings. The van der Waals surface area contributed by atoms with E-state index in [9.17, 15) is 9.90 Å². The van der Waals surface area contributed by atoms with Gasteiger partial charge < -0.3 is 10.0 Å². The lowest BCUT2D eigenvalue weighted by atomic mass is 9.96. The van der Waals surface area contributed by atoms with E-state index in [2.05, 4.69) is 15.2 Å².